The minimum absolute atomic E-state index is 0.0128. The predicted octanol–water partition coefficient (Wildman–Crippen LogP) is 12.5. The Morgan fingerprint density at radius 1 is 0.519 bits per heavy atom. The van der Waals surface area contributed by atoms with Gasteiger partial charge >= 0.3 is 0 Å². The van der Waals surface area contributed by atoms with Crippen LogP contribution in [0, 0.1) is 17.8 Å². The second-order valence-electron chi connectivity index (χ2n) is 13.4. The van der Waals surface area contributed by atoms with Gasteiger partial charge in [-0.05, 0) is 98.7 Å². The first-order chi connectivity index (χ1) is 26.7. The van der Waals surface area contributed by atoms with Gasteiger partial charge in [0, 0.05) is 35.8 Å². The Morgan fingerprint density at radius 3 is 1.69 bits per heavy atom. The maximum absolute atomic E-state index is 6.48. The van der Waals surface area contributed by atoms with E-state index in [9.17, 15) is 0 Å². The van der Waals surface area contributed by atoms with E-state index in [1.54, 1.807) is 0 Å². The van der Waals surface area contributed by atoms with Gasteiger partial charge in [-0.15, -0.1) is 0 Å². The molecule has 0 radical (unpaired) electrons. The van der Waals surface area contributed by atoms with Crippen molar-refractivity contribution in [1.29, 1.82) is 0 Å². The smallest absolute Gasteiger partial charge is 0.0890 e. The molecule has 3 aliphatic carbocycles. The third-order valence-corrected chi connectivity index (χ3v) is 9.86. The van der Waals surface area contributed by atoms with E-state index >= 15 is 0 Å². The van der Waals surface area contributed by atoms with E-state index in [0.29, 0.717) is 12.8 Å². The van der Waals surface area contributed by atoms with Crippen molar-refractivity contribution in [2.24, 2.45) is 11.7 Å². The van der Waals surface area contributed by atoms with Crippen LogP contribution in [-0.2, 0) is 0 Å². The molecule has 0 fully saturated rings. The molecule has 0 aromatic heterocycles. The third-order valence-electron chi connectivity index (χ3n) is 9.86. The largest absolute Gasteiger partial charge is 0.399 e. The van der Waals surface area contributed by atoms with Crippen LogP contribution in [-0.4, -0.2) is 0 Å². The van der Waals surface area contributed by atoms with Crippen LogP contribution in [0.4, 0.5) is 11.4 Å². The fourth-order valence-corrected chi connectivity index (χ4v) is 7.02. The summed E-state index contributed by atoms with van der Waals surface area (Å²) < 4.78 is 0. The molecule has 0 heterocycles. The lowest BCUT2D eigenvalue weighted by atomic mass is 9.88. The van der Waals surface area contributed by atoms with Gasteiger partial charge < -0.3 is 10.6 Å². The number of nitrogens with zero attached hydrogens (tertiary/aromatic N) is 1. The number of benzene rings is 5. The second-order valence-corrected chi connectivity index (χ2v) is 13.4. The lowest BCUT2D eigenvalue weighted by molar-refractivity contribution is 0.921. The number of hydrogen-bond acceptors (Lipinski definition) is 2. The summed E-state index contributed by atoms with van der Waals surface area (Å²) in [6, 6.07) is 49.0. The molecule has 54 heavy (non-hydrogen) atoms. The molecule has 1 unspecified atom stereocenters. The van der Waals surface area contributed by atoms with Gasteiger partial charge in [0.25, 0.3) is 0 Å². The summed E-state index contributed by atoms with van der Waals surface area (Å²) in [5.41, 5.74) is 24.4. The lowest BCUT2D eigenvalue weighted by Gasteiger charge is -2.25. The van der Waals surface area contributed by atoms with Crippen molar-refractivity contribution in [3.63, 3.8) is 0 Å². The maximum Gasteiger partial charge on any atom is 0.0890 e. The van der Waals surface area contributed by atoms with E-state index in [1.807, 2.05) is 18.2 Å². The van der Waals surface area contributed by atoms with Gasteiger partial charge in [0.05, 0.1) is 5.70 Å². The minimum atomic E-state index is 0.0128. The van der Waals surface area contributed by atoms with E-state index in [1.165, 1.54) is 33.4 Å². The number of nitrogens with two attached hydrogens (primary N) is 1. The Hall–Kier alpha value is -7.04. The molecule has 2 nitrogen and oxygen atoms in total. The van der Waals surface area contributed by atoms with Crippen molar-refractivity contribution >= 4 is 16.9 Å². The highest BCUT2D eigenvalue weighted by molar-refractivity contribution is 5.77. The van der Waals surface area contributed by atoms with Gasteiger partial charge in [-0.3, -0.25) is 0 Å². The molecule has 8 rings (SSSR count). The van der Waals surface area contributed by atoms with Crippen LogP contribution in [0.1, 0.15) is 18.4 Å². The number of hydrogen-bond donors (Lipinski definition) is 1. The van der Waals surface area contributed by atoms with Crippen molar-refractivity contribution < 1.29 is 0 Å². The molecule has 0 amide bonds. The standard InChI is InChI=1S/C52H40N2/c53-49-30-24-47(41-18-9-3-10-19-41)37-48(38-49)46-21-12-4-11-20-45(36-46)42-22-13-23-50(31-25-42)54(51-32-26-43(27-33-51)39-14-5-1-6-15-39)52-34-28-44(29-35-52)40-16-7-2-8-17-40/h1-3,5-10,13-20,22,24-38,48H,11,21,53H2/b45-20+,46-36+. The van der Waals surface area contributed by atoms with E-state index in [-0.39, 0.29) is 5.92 Å². The van der Waals surface area contributed by atoms with Crippen LogP contribution in [0.2, 0.25) is 0 Å². The molecule has 0 saturated carbocycles. The van der Waals surface area contributed by atoms with Gasteiger partial charge in [-0.25, -0.2) is 0 Å². The first kappa shape index (κ1) is 34.1. The molecule has 0 aliphatic heterocycles. The molecule has 1 atom stereocenters. The van der Waals surface area contributed by atoms with Crippen LogP contribution < -0.4 is 10.6 Å². The van der Waals surface area contributed by atoms with Gasteiger partial charge in [0.15, 0.2) is 0 Å². The Bertz CT molecular complexity index is 2400. The molecule has 0 saturated heterocycles. The molecule has 0 bridgehead atoms. The summed E-state index contributed by atoms with van der Waals surface area (Å²) in [5.74, 6) is 6.78. The van der Waals surface area contributed by atoms with E-state index in [2.05, 4.69) is 205 Å². The zero-order valence-corrected chi connectivity index (χ0v) is 30.1. The Kier molecular flexibility index (Phi) is 10.2. The fraction of sp³-hybridized carbons (Fsp3) is 0.0577. The minimum Gasteiger partial charge on any atom is -0.399 e. The highest BCUT2D eigenvalue weighted by atomic mass is 15.1. The molecule has 5 aromatic rings. The van der Waals surface area contributed by atoms with Gasteiger partial charge in [0.1, 0.15) is 0 Å². The van der Waals surface area contributed by atoms with Crippen LogP contribution in [0.25, 0.3) is 27.8 Å². The molecular weight excluding hydrogens is 653 g/mol. The van der Waals surface area contributed by atoms with Crippen molar-refractivity contribution in [3.8, 4) is 34.1 Å². The van der Waals surface area contributed by atoms with Gasteiger partial charge in [0.2, 0.25) is 0 Å². The highest BCUT2D eigenvalue weighted by Crippen LogP contribution is 2.35. The van der Waals surface area contributed by atoms with Crippen LogP contribution in [0.15, 0.2) is 234 Å². The average Bonchev–Trinajstić information content (AvgIpc) is 3.58. The van der Waals surface area contributed by atoms with Gasteiger partial charge in [-0.2, -0.15) is 0 Å². The summed E-state index contributed by atoms with van der Waals surface area (Å²) >= 11 is 0. The van der Waals surface area contributed by atoms with Crippen molar-refractivity contribution in [2.75, 3.05) is 4.90 Å². The molecule has 2 heteroatoms. The van der Waals surface area contributed by atoms with Crippen molar-refractivity contribution in [1.82, 2.24) is 0 Å². The van der Waals surface area contributed by atoms with Crippen LogP contribution in [0.5, 0.6) is 0 Å². The first-order valence-electron chi connectivity index (χ1n) is 18.4. The topological polar surface area (TPSA) is 29.3 Å². The number of rotatable bonds is 8. The summed E-state index contributed by atoms with van der Waals surface area (Å²) in [4.78, 5) is 2.27. The monoisotopic (exact) mass is 692 g/mol. The van der Waals surface area contributed by atoms with Crippen LogP contribution in [0.3, 0.4) is 0 Å². The summed E-state index contributed by atoms with van der Waals surface area (Å²) in [5, 5.41) is 0. The van der Waals surface area contributed by atoms with E-state index in [0.717, 1.165) is 39.5 Å². The quantitative estimate of drug-likeness (QED) is 0.130. The predicted molar refractivity (Wildman–Crippen MR) is 227 cm³/mol. The molecule has 3 aliphatic rings. The van der Waals surface area contributed by atoms with Crippen molar-refractivity contribution in [3.05, 3.63) is 240 Å². The van der Waals surface area contributed by atoms with E-state index < -0.39 is 0 Å². The molecule has 0 spiro atoms. The second kappa shape index (κ2) is 16.1. The van der Waals surface area contributed by atoms with Crippen LogP contribution >= 0.6 is 0 Å². The maximum atomic E-state index is 6.48. The summed E-state index contributed by atoms with van der Waals surface area (Å²) in [6.45, 7) is 0. The Morgan fingerprint density at radius 2 is 1.07 bits per heavy atom. The fourth-order valence-electron chi connectivity index (χ4n) is 7.02. The van der Waals surface area contributed by atoms with Crippen molar-refractivity contribution in [2.45, 2.75) is 12.8 Å². The zero-order valence-electron chi connectivity index (χ0n) is 30.1. The lowest BCUT2D eigenvalue weighted by Crippen LogP contribution is -2.14. The third kappa shape index (κ3) is 7.89. The molecule has 5 aromatic carbocycles. The SMILES string of the molecule is NC1=CC(/C2=C/C(C3=CC=C=C(N(c4ccc(-c5ccccc5)cc4)c4ccc(-c5ccccc5)cc4)C=C3)=C\CC#CC2)C=C(c2ccccc2)C=C1. The zero-order chi connectivity index (χ0) is 36.5. The number of anilines is 2. The molecule has 2 N–H and O–H groups in total. The molecule has 258 valence electrons. The van der Waals surface area contributed by atoms with Gasteiger partial charge in [-0.1, -0.05) is 169 Å². The summed E-state index contributed by atoms with van der Waals surface area (Å²) in [6.07, 6.45) is 23.0. The normalized spacial score (nSPS) is 18.3. The summed E-state index contributed by atoms with van der Waals surface area (Å²) in [7, 11) is 0. The first-order valence-corrected chi connectivity index (χ1v) is 18.4. The molecular formula is C52H40N2. The highest BCUT2D eigenvalue weighted by Gasteiger charge is 2.18. The van der Waals surface area contributed by atoms with E-state index in [4.69, 9.17) is 5.73 Å². The Balaban J connectivity index is 1.12. The number of allylic oxidation sites excluding steroid dienone is 13. The average molecular weight is 693 g/mol. The Labute approximate surface area is 319 Å².